The van der Waals surface area contributed by atoms with Crippen molar-refractivity contribution in [2.45, 2.75) is 28.3 Å². The minimum atomic E-state index is 0.917. The van der Waals surface area contributed by atoms with Crippen molar-refractivity contribution in [3.8, 4) is 0 Å². The molecule has 1 saturated carbocycles. The zero-order chi connectivity index (χ0) is 8.39. The van der Waals surface area contributed by atoms with E-state index in [2.05, 4.69) is 40.2 Å². The largest absolute Gasteiger partial charge is 0.123 e. The summed E-state index contributed by atoms with van der Waals surface area (Å²) in [6, 6.07) is 8.83. The molecule has 2 rings (SSSR count). The van der Waals surface area contributed by atoms with Gasteiger partial charge in [0.15, 0.2) is 0 Å². The maximum Gasteiger partial charge on any atom is 0.0283 e. The van der Waals surface area contributed by atoms with Crippen molar-refractivity contribution in [3.63, 3.8) is 0 Å². The summed E-state index contributed by atoms with van der Waals surface area (Å²) in [4.78, 5) is 1.42. The highest BCUT2D eigenvalue weighted by Gasteiger charge is 2.22. The standard InChI is InChI=1S/C10H11BrS/c11-7-8-1-3-9(4-2-8)12-10-5-6-10/h1-4,10H,5-7H2. The highest BCUT2D eigenvalue weighted by atomic mass is 79.9. The van der Waals surface area contributed by atoms with E-state index in [9.17, 15) is 0 Å². The van der Waals surface area contributed by atoms with Crippen molar-refractivity contribution in [1.82, 2.24) is 0 Å². The van der Waals surface area contributed by atoms with Crippen molar-refractivity contribution in [2.24, 2.45) is 0 Å². The summed E-state index contributed by atoms with van der Waals surface area (Å²) in [6.45, 7) is 0. The van der Waals surface area contributed by atoms with Crippen molar-refractivity contribution in [1.29, 1.82) is 0 Å². The highest BCUT2D eigenvalue weighted by molar-refractivity contribution is 9.08. The summed E-state index contributed by atoms with van der Waals surface area (Å²) in [5.74, 6) is 0. The van der Waals surface area contributed by atoms with E-state index in [0.29, 0.717) is 0 Å². The van der Waals surface area contributed by atoms with Gasteiger partial charge >= 0.3 is 0 Å². The molecule has 1 aromatic carbocycles. The molecule has 0 nitrogen and oxygen atoms in total. The second kappa shape index (κ2) is 3.84. The Morgan fingerprint density at radius 1 is 1.25 bits per heavy atom. The van der Waals surface area contributed by atoms with Gasteiger partial charge in [0.25, 0.3) is 0 Å². The van der Waals surface area contributed by atoms with E-state index in [1.807, 2.05) is 11.8 Å². The average molecular weight is 243 g/mol. The smallest absolute Gasteiger partial charge is 0.0283 e. The molecule has 0 aromatic heterocycles. The van der Waals surface area contributed by atoms with Crippen LogP contribution in [-0.4, -0.2) is 5.25 Å². The highest BCUT2D eigenvalue weighted by Crippen LogP contribution is 2.38. The fraction of sp³-hybridized carbons (Fsp3) is 0.400. The Kier molecular flexibility index (Phi) is 2.76. The normalized spacial score (nSPS) is 16.4. The third kappa shape index (κ3) is 2.27. The molecular formula is C10H11BrS. The first-order chi connectivity index (χ1) is 5.88. The van der Waals surface area contributed by atoms with Crippen LogP contribution in [0.25, 0.3) is 0 Å². The predicted octanol–water partition coefficient (Wildman–Crippen LogP) is 3.84. The fourth-order valence-corrected chi connectivity index (χ4v) is 2.46. The van der Waals surface area contributed by atoms with Gasteiger partial charge in [0, 0.05) is 15.5 Å². The molecule has 64 valence electrons. The van der Waals surface area contributed by atoms with Gasteiger partial charge in [-0.25, -0.2) is 0 Å². The van der Waals surface area contributed by atoms with Gasteiger partial charge in [0.05, 0.1) is 0 Å². The van der Waals surface area contributed by atoms with Crippen LogP contribution in [0.1, 0.15) is 18.4 Å². The van der Waals surface area contributed by atoms with E-state index in [-0.39, 0.29) is 0 Å². The first kappa shape index (κ1) is 8.64. The van der Waals surface area contributed by atoms with Gasteiger partial charge in [-0.1, -0.05) is 28.1 Å². The molecule has 12 heavy (non-hydrogen) atoms. The van der Waals surface area contributed by atoms with Crippen LogP contribution >= 0.6 is 27.7 Å². The Bertz CT molecular complexity index is 251. The Labute approximate surface area is 85.9 Å². The zero-order valence-corrected chi connectivity index (χ0v) is 9.20. The van der Waals surface area contributed by atoms with E-state index in [4.69, 9.17) is 0 Å². The molecule has 1 fully saturated rings. The lowest BCUT2D eigenvalue weighted by Crippen LogP contribution is -1.78. The lowest BCUT2D eigenvalue weighted by molar-refractivity contribution is 1.35. The Balaban J connectivity index is 2.02. The number of benzene rings is 1. The van der Waals surface area contributed by atoms with Crippen LogP contribution in [0.2, 0.25) is 0 Å². The van der Waals surface area contributed by atoms with Gasteiger partial charge in [-0.15, -0.1) is 11.8 Å². The molecule has 1 aliphatic rings. The van der Waals surface area contributed by atoms with E-state index < -0.39 is 0 Å². The maximum absolute atomic E-state index is 3.44. The first-order valence-electron chi connectivity index (χ1n) is 4.20. The van der Waals surface area contributed by atoms with E-state index in [1.54, 1.807) is 0 Å². The molecule has 0 aliphatic heterocycles. The third-order valence-corrected chi connectivity index (χ3v) is 3.90. The van der Waals surface area contributed by atoms with Crippen molar-refractivity contribution in [3.05, 3.63) is 29.8 Å². The third-order valence-electron chi connectivity index (χ3n) is 1.90. The molecule has 0 N–H and O–H groups in total. The number of rotatable bonds is 3. The van der Waals surface area contributed by atoms with E-state index >= 15 is 0 Å². The second-order valence-corrected chi connectivity index (χ2v) is 5.03. The molecule has 1 aliphatic carbocycles. The first-order valence-corrected chi connectivity index (χ1v) is 6.20. The van der Waals surface area contributed by atoms with Crippen molar-refractivity contribution >= 4 is 27.7 Å². The van der Waals surface area contributed by atoms with Crippen LogP contribution in [0.3, 0.4) is 0 Å². The topological polar surface area (TPSA) is 0 Å². The number of thioether (sulfide) groups is 1. The lowest BCUT2D eigenvalue weighted by atomic mass is 10.2. The van der Waals surface area contributed by atoms with Gasteiger partial charge in [0.2, 0.25) is 0 Å². The summed E-state index contributed by atoms with van der Waals surface area (Å²) < 4.78 is 0. The predicted molar refractivity (Wildman–Crippen MR) is 58.0 cm³/mol. The number of hydrogen-bond acceptors (Lipinski definition) is 1. The fourth-order valence-electron chi connectivity index (χ4n) is 1.04. The minimum Gasteiger partial charge on any atom is -0.123 e. The SMILES string of the molecule is BrCc1ccc(SC2CC2)cc1. The molecule has 0 amide bonds. The van der Waals surface area contributed by atoms with Crippen LogP contribution < -0.4 is 0 Å². The van der Waals surface area contributed by atoms with Crippen LogP contribution in [0.5, 0.6) is 0 Å². The van der Waals surface area contributed by atoms with Crippen LogP contribution in [0, 0.1) is 0 Å². The summed E-state index contributed by atoms with van der Waals surface area (Å²) in [5, 5.41) is 1.88. The number of hydrogen-bond donors (Lipinski definition) is 0. The van der Waals surface area contributed by atoms with Crippen LogP contribution in [0.4, 0.5) is 0 Å². The second-order valence-electron chi connectivity index (χ2n) is 3.09. The Morgan fingerprint density at radius 2 is 1.92 bits per heavy atom. The molecule has 0 saturated heterocycles. The van der Waals surface area contributed by atoms with Crippen LogP contribution in [-0.2, 0) is 5.33 Å². The molecule has 0 heterocycles. The quantitative estimate of drug-likeness (QED) is 0.727. The number of halogens is 1. The van der Waals surface area contributed by atoms with E-state index in [1.165, 1.54) is 23.3 Å². The minimum absolute atomic E-state index is 0.917. The molecular weight excluding hydrogens is 232 g/mol. The monoisotopic (exact) mass is 242 g/mol. The summed E-state index contributed by atoms with van der Waals surface area (Å²) in [6.07, 6.45) is 2.82. The molecule has 0 spiro atoms. The lowest BCUT2D eigenvalue weighted by Gasteiger charge is -1.99. The number of alkyl halides is 1. The molecule has 0 unspecified atom stereocenters. The molecule has 0 atom stereocenters. The summed E-state index contributed by atoms with van der Waals surface area (Å²) in [7, 11) is 0. The Morgan fingerprint density at radius 3 is 2.42 bits per heavy atom. The maximum atomic E-state index is 3.44. The van der Waals surface area contributed by atoms with Crippen LogP contribution in [0.15, 0.2) is 29.2 Å². The van der Waals surface area contributed by atoms with Crippen molar-refractivity contribution in [2.75, 3.05) is 0 Å². The molecule has 0 radical (unpaired) electrons. The van der Waals surface area contributed by atoms with Crippen molar-refractivity contribution < 1.29 is 0 Å². The Hall–Kier alpha value is 0.0500. The molecule has 1 aromatic rings. The summed E-state index contributed by atoms with van der Waals surface area (Å²) in [5.41, 5.74) is 1.36. The summed E-state index contributed by atoms with van der Waals surface area (Å²) >= 11 is 5.45. The van der Waals surface area contributed by atoms with E-state index in [0.717, 1.165) is 10.6 Å². The molecule has 2 heteroatoms. The van der Waals surface area contributed by atoms with Gasteiger partial charge < -0.3 is 0 Å². The van der Waals surface area contributed by atoms with Gasteiger partial charge in [-0.3, -0.25) is 0 Å². The molecule has 0 bridgehead atoms. The van der Waals surface area contributed by atoms with Gasteiger partial charge in [-0.05, 0) is 30.5 Å². The average Bonchev–Trinajstić information content (AvgIpc) is 2.90. The zero-order valence-electron chi connectivity index (χ0n) is 6.79. The van der Waals surface area contributed by atoms with Gasteiger partial charge in [0.1, 0.15) is 0 Å². The van der Waals surface area contributed by atoms with Gasteiger partial charge in [-0.2, -0.15) is 0 Å².